The Morgan fingerprint density at radius 1 is 1.31 bits per heavy atom. The van der Waals surface area contributed by atoms with E-state index in [1.807, 2.05) is 19.9 Å². The molecule has 1 aliphatic heterocycles. The molecule has 0 radical (unpaired) electrons. The Hall–Kier alpha value is -2.37. The summed E-state index contributed by atoms with van der Waals surface area (Å²) in [4.78, 5) is 19.3. The summed E-state index contributed by atoms with van der Waals surface area (Å²) in [7, 11) is 0. The Kier molecular flexibility index (Phi) is 5.03. The van der Waals surface area contributed by atoms with Gasteiger partial charge in [-0.15, -0.1) is 0 Å². The molecule has 0 unspecified atom stereocenters. The Morgan fingerprint density at radius 2 is 2.08 bits per heavy atom. The molecule has 1 amide bonds. The van der Waals surface area contributed by atoms with Crippen molar-refractivity contribution in [2.75, 3.05) is 16.8 Å². The molecular weight excluding hydrogens is 328 g/mol. The van der Waals surface area contributed by atoms with Crippen molar-refractivity contribution in [3.63, 3.8) is 0 Å². The van der Waals surface area contributed by atoms with E-state index in [0.717, 1.165) is 47.8 Å². The van der Waals surface area contributed by atoms with Gasteiger partial charge >= 0.3 is 0 Å². The topological polar surface area (TPSA) is 71.3 Å². The van der Waals surface area contributed by atoms with Gasteiger partial charge in [0.25, 0.3) is 0 Å². The van der Waals surface area contributed by atoms with Crippen LogP contribution in [0.25, 0.3) is 0 Å². The van der Waals surface area contributed by atoms with Crippen molar-refractivity contribution in [2.24, 2.45) is 5.41 Å². The van der Waals surface area contributed by atoms with E-state index in [1.165, 1.54) is 0 Å². The third-order valence-electron chi connectivity index (χ3n) is 4.43. The molecule has 0 aliphatic carbocycles. The standard InChI is InChI=1S/C20H28N4O2/c1-13-9-17-16(21-19(13)22-18(25)11-20(3,4)5)7-6-8-24(17)12-15-10-14(2)26-23-15/h9-10H,6-8,11-12H2,1-5H3,(H,21,22,25). The van der Waals surface area contributed by atoms with Crippen LogP contribution in [0.2, 0.25) is 0 Å². The second-order valence-electron chi connectivity index (χ2n) is 8.36. The van der Waals surface area contributed by atoms with Gasteiger partial charge in [-0.3, -0.25) is 4.79 Å². The van der Waals surface area contributed by atoms with E-state index in [2.05, 4.69) is 42.2 Å². The summed E-state index contributed by atoms with van der Waals surface area (Å²) in [5.74, 6) is 1.51. The Labute approximate surface area is 155 Å². The molecule has 6 nitrogen and oxygen atoms in total. The summed E-state index contributed by atoms with van der Waals surface area (Å²) in [6.07, 6.45) is 2.43. The van der Waals surface area contributed by atoms with Crippen LogP contribution in [0.3, 0.4) is 0 Å². The van der Waals surface area contributed by atoms with Gasteiger partial charge in [-0.2, -0.15) is 0 Å². The first kappa shape index (κ1) is 18.4. The highest BCUT2D eigenvalue weighted by Crippen LogP contribution is 2.31. The molecule has 1 aliphatic rings. The van der Waals surface area contributed by atoms with Crippen molar-refractivity contribution >= 4 is 17.4 Å². The molecule has 6 heteroatoms. The number of hydrogen-bond donors (Lipinski definition) is 1. The van der Waals surface area contributed by atoms with Gasteiger partial charge in [0.2, 0.25) is 5.91 Å². The van der Waals surface area contributed by atoms with E-state index in [0.29, 0.717) is 18.8 Å². The van der Waals surface area contributed by atoms with Crippen molar-refractivity contribution in [3.8, 4) is 0 Å². The minimum absolute atomic E-state index is 0.0128. The molecule has 0 fully saturated rings. The van der Waals surface area contributed by atoms with Gasteiger partial charge in [-0.05, 0) is 43.7 Å². The largest absolute Gasteiger partial charge is 0.364 e. The monoisotopic (exact) mass is 356 g/mol. The maximum absolute atomic E-state index is 12.3. The van der Waals surface area contributed by atoms with E-state index < -0.39 is 0 Å². The van der Waals surface area contributed by atoms with Gasteiger partial charge in [0.05, 0.1) is 17.9 Å². The molecule has 1 N–H and O–H groups in total. The van der Waals surface area contributed by atoms with E-state index in [9.17, 15) is 4.79 Å². The number of nitrogens with zero attached hydrogens (tertiary/aromatic N) is 3. The molecule has 2 aromatic rings. The maximum Gasteiger partial charge on any atom is 0.226 e. The highest BCUT2D eigenvalue weighted by Gasteiger charge is 2.22. The van der Waals surface area contributed by atoms with Crippen LogP contribution in [0.5, 0.6) is 0 Å². The summed E-state index contributed by atoms with van der Waals surface area (Å²) < 4.78 is 5.18. The summed E-state index contributed by atoms with van der Waals surface area (Å²) in [6, 6.07) is 4.09. The lowest BCUT2D eigenvalue weighted by Gasteiger charge is -2.31. The quantitative estimate of drug-likeness (QED) is 0.896. The minimum Gasteiger partial charge on any atom is -0.364 e. The van der Waals surface area contributed by atoms with Crippen molar-refractivity contribution in [3.05, 3.63) is 34.8 Å². The number of aromatic nitrogens is 2. The van der Waals surface area contributed by atoms with Gasteiger partial charge < -0.3 is 14.7 Å². The summed E-state index contributed by atoms with van der Waals surface area (Å²) in [5.41, 5.74) is 4.03. The Balaban J connectivity index is 1.79. The number of pyridine rings is 1. The number of carbonyl (C=O) groups excluding carboxylic acids is 1. The first-order valence-electron chi connectivity index (χ1n) is 9.19. The van der Waals surface area contributed by atoms with Crippen LogP contribution in [-0.4, -0.2) is 22.6 Å². The van der Waals surface area contributed by atoms with E-state index in [4.69, 9.17) is 9.51 Å². The molecule has 0 aromatic carbocycles. The van der Waals surface area contributed by atoms with Crippen LogP contribution in [0.1, 0.15) is 56.3 Å². The zero-order valence-electron chi connectivity index (χ0n) is 16.3. The fourth-order valence-corrected chi connectivity index (χ4v) is 3.29. The Morgan fingerprint density at radius 3 is 2.73 bits per heavy atom. The number of hydrogen-bond acceptors (Lipinski definition) is 5. The fraction of sp³-hybridized carbons (Fsp3) is 0.550. The molecule has 3 heterocycles. The molecule has 0 saturated carbocycles. The number of fused-ring (bicyclic) bond motifs is 1. The maximum atomic E-state index is 12.3. The van der Waals surface area contributed by atoms with Gasteiger partial charge in [0, 0.05) is 19.0 Å². The first-order chi connectivity index (χ1) is 12.2. The lowest BCUT2D eigenvalue weighted by Crippen LogP contribution is -2.30. The molecule has 140 valence electrons. The van der Waals surface area contributed by atoms with Gasteiger partial charge in [-0.25, -0.2) is 4.98 Å². The van der Waals surface area contributed by atoms with Crippen molar-refractivity contribution in [1.29, 1.82) is 0 Å². The molecule has 0 saturated heterocycles. The lowest BCUT2D eigenvalue weighted by molar-refractivity contribution is -0.117. The summed E-state index contributed by atoms with van der Waals surface area (Å²) >= 11 is 0. The van der Waals surface area contributed by atoms with Crippen LogP contribution in [0.15, 0.2) is 16.7 Å². The second-order valence-corrected chi connectivity index (χ2v) is 8.36. The Bertz CT molecular complexity index is 805. The third-order valence-corrected chi connectivity index (χ3v) is 4.43. The first-order valence-corrected chi connectivity index (χ1v) is 9.19. The SMILES string of the molecule is Cc1cc(CN2CCCc3nc(NC(=O)CC(C)(C)C)c(C)cc32)no1. The highest BCUT2D eigenvalue weighted by molar-refractivity contribution is 5.91. The van der Waals surface area contributed by atoms with Crippen LogP contribution >= 0.6 is 0 Å². The fourth-order valence-electron chi connectivity index (χ4n) is 3.29. The van der Waals surface area contributed by atoms with Crippen LogP contribution in [0, 0.1) is 19.3 Å². The smallest absolute Gasteiger partial charge is 0.226 e. The average molecular weight is 356 g/mol. The number of anilines is 2. The number of amides is 1. The van der Waals surface area contributed by atoms with Crippen molar-refractivity contribution < 1.29 is 9.32 Å². The molecular formula is C20H28N4O2. The summed E-state index contributed by atoms with van der Waals surface area (Å²) in [5, 5.41) is 7.09. The zero-order valence-corrected chi connectivity index (χ0v) is 16.3. The van der Waals surface area contributed by atoms with Gasteiger partial charge in [0.15, 0.2) is 0 Å². The predicted octanol–water partition coefficient (Wildman–Crippen LogP) is 4.01. The molecule has 0 atom stereocenters. The van der Waals surface area contributed by atoms with E-state index in [1.54, 1.807) is 0 Å². The highest BCUT2D eigenvalue weighted by atomic mass is 16.5. The minimum atomic E-state index is -0.0429. The second kappa shape index (κ2) is 7.09. The average Bonchev–Trinajstić information content (AvgIpc) is 2.92. The van der Waals surface area contributed by atoms with Crippen LogP contribution < -0.4 is 10.2 Å². The zero-order chi connectivity index (χ0) is 18.9. The third kappa shape index (κ3) is 4.42. The van der Waals surface area contributed by atoms with Crippen LogP contribution in [0.4, 0.5) is 11.5 Å². The molecule has 26 heavy (non-hydrogen) atoms. The van der Waals surface area contributed by atoms with Gasteiger partial charge in [0.1, 0.15) is 17.3 Å². The van der Waals surface area contributed by atoms with Crippen LogP contribution in [-0.2, 0) is 17.8 Å². The predicted molar refractivity (Wildman–Crippen MR) is 102 cm³/mol. The number of aryl methyl sites for hydroxylation is 3. The molecule has 0 bridgehead atoms. The lowest BCUT2D eigenvalue weighted by atomic mass is 9.92. The van der Waals surface area contributed by atoms with E-state index in [-0.39, 0.29) is 11.3 Å². The molecule has 0 spiro atoms. The number of nitrogens with one attached hydrogen (secondary N) is 1. The number of rotatable bonds is 4. The van der Waals surface area contributed by atoms with E-state index >= 15 is 0 Å². The van der Waals surface area contributed by atoms with Crippen molar-refractivity contribution in [1.82, 2.24) is 10.1 Å². The van der Waals surface area contributed by atoms with Gasteiger partial charge in [-0.1, -0.05) is 25.9 Å². The normalized spacial score (nSPS) is 14.3. The van der Waals surface area contributed by atoms with Crippen molar-refractivity contribution in [2.45, 2.75) is 60.4 Å². The molecule has 3 rings (SSSR count). The number of carbonyl (C=O) groups is 1. The molecule has 2 aromatic heterocycles. The summed E-state index contributed by atoms with van der Waals surface area (Å²) in [6.45, 7) is 11.7.